The number of hydrogen-bond acceptors (Lipinski definition) is 2. The first-order chi connectivity index (χ1) is 11.5. The molecule has 2 N–H and O–H groups in total. The zero-order valence-electron chi connectivity index (χ0n) is 16.4. The minimum atomic E-state index is -0.675. The van der Waals surface area contributed by atoms with Crippen LogP contribution in [-0.4, -0.2) is 10.2 Å². The van der Waals surface area contributed by atoms with E-state index in [2.05, 4.69) is 65.8 Å². The molecule has 0 bridgehead atoms. The van der Waals surface area contributed by atoms with Crippen LogP contribution in [0.5, 0.6) is 0 Å². The molecule has 0 aromatic heterocycles. The van der Waals surface area contributed by atoms with E-state index >= 15 is 0 Å². The van der Waals surface area contributed by atoms with Crippen LogP contribution in [0.1, 0.15) is 82.4 Å². The molecule has 2 unspecified atom stereocenters. The summed E-state index contributed by atoms with van der Waals surface area (Å²) in [6.07, 6.45) is -1.05. The Morgan fingerprint density at radius 3 is 1.12 bits per heavy atom. The molecule has 0 radical (unpaired) electrons. The molecule has 25 heavy (non-hydrogen) atoms. The largest absolute Gasteiger partial charge is 0.388 e. The van der Waals surface area contributed by atoms with Crippen molar-refractivity contribution in [3.8, 4) is 0 Å². The van der Waals surface area contributed by atoms with Crippen molar-refractivity contribution in [1.29, 1.82) is 0 Å². The molecule has 2 aromatic carbocycles. The van der Waals surface area contributed by atoms with Gasteiger partial charge in [-0.25, -0.2) is 0 Å². The fourth-order valence-electron chi connectivity index (χ4n) is 2.89. The lowest BCUT2D eigenvalue weighted by molar-refractivity contribution is 0.0804. The lowest BCUT2D eigenvalue weighted by atomic mass is 9.85. The van der Waals surface area contributed by atoms with Gasteiger partial charge in [-0.05, 0) is 33.1 Å². The summed E-state index contributed by atoms with van der Waals surface area (Å²) >= 11 is 0. The SMILES string of the molecule is CC(C)(C)c1ccc(C(O)CC(O)c2ccc(C(C)(C)C)cc2)cc1. The maximum Gasteiger partial charge on any atom is 0.0818 e. The highest BCUT2D eigenvalue weighted by Crippen LogP contribution is 2.30. The van der Waals surface area contributed by atoms with Crippen LogP contribution in [0.25, 0.3) is 0 Å². The third-order valence-electron chi connectivity index (χ3n) is 4.77. The molecule has 0 aliphatic heterocycles. The van der Waals surface area contributed by atoms with Gasteiger partial charge < -0.3 is 10.2 Å². The molecule has 0 heterocycles. The van der Waals surface area contributed by atoms with Gasteiger partial charge in [0.05, 0.1) is 12.2 Å². The van der Waals surface area contributed by atoms with Gasteiger partial charge in [-0.3, -0.25) is 0 Å². The number of benzene rings is 2. The second-order valence-corrected chi connectivity index (χ2v) is 9.01. The van der Waals surface area contributed by atoms with Crippen molar-refractivity contribution in [2.24, 2.45) is 0 Å². The number of hydrogen-bond donors (Lipinski definition) is 2. The standard InChI is InChI=1S/C23H32O2/c1-22(2,3)18-11-7-16(8-12-18)20(24)15-21(25)17-9-13-19(14-10-17)23(4,5)6/h7-14,20-21,24-25H,15H2,1-6H3. The van der Waals surface area contributed by atoms with Crippen molar-refractivity contribution < 1.29 is 10.2 Å². The summed E-state index contributed by atoms with van der Waals surface area (Å²) in [5, 5.41) is 20.9. The van der Waals surface area contributed by atoms with Gasteiger partial charge in [0.2, 0.25) is 0 Å². The molecule has 2 aromatic rings. The van der Waals surface area contributed by atoms with Crippen LogP contribution in [0.15, 0.2) is 48.5 Å². The lowest BCUT2D eigenvalue weighted by Gasteiger charge is -2.22. The van der Waals surface area contributed by atoms with E-state index in [0.29, 0.717) is 6.42 Å². The van der Waals surface area contributed by atoms with E-state index < -0.39 is 12.2 Å². The van der Waals surface area contributed by atoms with Gasteiger partial charge in [-0.1, -0.05) is 90.1 Å². The van der Waals surface area contributed by atoms with E-state index in [0.717, 1.165) is 11.1 Å². The van der Waals surface area contributed by atoms with Gasteiger partial charge in [-0.2, -0.15) is 0 Å². The molecule has 2 nitrogen and oxygen atoms in total. The Morgan fingerprint density at radius 1 is 0.600 bits per heavy atom. The summed E-state index contributed by atoms with van der Waals surface area (Å²) in [6.45, 7) is 13.0. The van der Waals surface area contributed by atoms with Crippen molar-refractivity contribution >= 4 is 0 Å². The summed E-state index contributed by atoms with van der Waals surface area (Å²) in [4.78, 5) is 0. The van der Waals surface area contributed by atoms with E-state index in [1.807, 2.05) is 24.3 Å². The predicted molar refractivity (Wildman–Crippen MR) is 105 cm³/mol. The monoisotopic (exact) mass is 340 g/mol. The summed E-state index contributed by atoms with van der Waals surface area (Å²) in [5.41, 5.74) is 4.36. The molecule has 0 aliphatic rings. The fraction of sp³-hybridized carbons (Fsp3) is 0.478. The summed E-state index contributed by atoms with van der Waals surface area (Å²) < 4.78 is 0. The summed E-state index contributed by atoms with van der Waals surface area (Å²) in [7, 11) is 0. The van der Waals surface area contributed by atoms with E-state index in [-0.39, 0.29) is 10.8 Å². The van der Waals surface area contributed by atoms with Crippen molar-refractivity contribution in [2.75, 3.05) is 0 Å². The van der Waals surface area contributed by atoms with E-state index in [9.17, 15) is 10.2 Å². The van der Waals surface area contributed by atoms with E-state index in [1.165, 1.54) is 11.1 Å². The van der Waals surface area contributed by atoms with Crippen LogP contribution in [0.4, 0.5) is 0 Å². The Labute approximate surface area is 152 Å². The first-order valence-corrected chi connectivity index (χ1v) is 9.05. The molecule has 0 aliphatic carbocycles. The highest BCUT2D eigenvalue weighted by Gasteiger charge is 2.19. The van der Waals surface area contributed by atoms with E-state index in [1.54, 1.807) is 0 Å². The van der Waals surface area contributed by atoms with Gasteiger partial charge >= 0.3 is 0 Å². The second kappa shape index (κ2) is 7.31. The van der Waals surface area contributed by atoms with Crippen molar-refractivity contribution in [3.63, 3.8) is 0 Å². The highest BCUT2D eigenvalue weighted by molar-refractivity contribution is 5.30. The predicted octanol–water partition coefficient (Wildman–Crippen LogP) is 5.44. The maximum absolute atomic E-state index is 10.5. The third kappa shape index (κ3) is 5.17. The molecule has 0 amide bonds. The van der Waals surface area contributed by atoms with Gasteiger partial charge in [0.15, 0.2) is 0 Å². The van der Waals surface area contributed by atoms with Crippen molar-refractivity contribution in [3.05, 3.63) is 70.8 Å². The zero-order valence-corrected chi connectivity index (χ0v) is 16.4. The molecule has 0 saturated carbocycles. The Balaban J connectivity index is 2.05. The fourth-order valence-corrected chi connectivity index (χ4v) is 2.89. The molecule has 136 valence electrons. The normalized spacial score (nSPS) is 15.0. The summed E-state index contributed by atoms with van der Waals surface area (Å²) in [6, 6.07) is 16.1. The molecular weight excluding hydrogens is 308 g/mol. The first kappa shape index (κ1) is 19.7. The van der Waals surface area contributed by atoms with Crippen LogP contribution in [-0.2, 0) is 10.8 Å². The smallest absolute Gasteiger partial charge is 0.0818 e. The van der Waals surface area contributed by atoms with Gasteiger partial charge in [0, 0.05) is 6.42 Å². The lowest BCUT2D eigenvalue weighted by Crippen LogP contribution is -2.12. The average Bonchev–Trinajstić information content (AvgIpc) is 2.53. The quantitative estimate of drug-likeness (QED) is 0.778. The Kier molecular flexibility index (Phi) is 5.75. The van der Waals surface area contributed by atoms with Crippen LogP contribution in [0, 0.1) is 0 Å². The zero-order chi connectivity index (χ0) is 18.8. The van der Waals surface area contributed by atoms with Crippen LogP contribution < -0.4 is 0 Å². The molecular formula is C23H32O2. The van der Waals surface area contributed by atoms with Crippen molar-refractivity contribution in [1.82, 2.24) is 0 Å². The Morgan fingerprint density at radius 2 is 0.880 bits per heavy atom. The van der Waals surface area contributed by atoms with Crippen LogP contribution in [0.2, 0.25) is 0 Å². The minimum absolute atomic E-state index is 0.0950. The minimum Gasteiger partial charge on any atom is -0.388 e. The van der Waals surface area contributed by atoms with E-state index in [4.69, 9.17) is 0 Å². The Hall–Kier alpha value is -1.64. The number of aliphatic hydroxyl groups is 2. The molecule has 2 heteroatoms. The Bertz CT molecular complexity index is 609. The number of aliphatic hydroxyl groups excluding tert-OH is 2. The van der Waals surface area contributed by atoms with Gasteiger partial charge in [0.25, 0.3) is 0 Å². The summed E-state index contributed by atoms with van der Waals surface area (Å²) in [5.74, 6) is 0. The molecule has 0 spiro atoms. The molecule has 2 atom stereocenters. The molecule has 0 fully saturated rings. The van der Waals surface area contributed by atoms with Gasteiger partial charge in [0.1, 0.15) is 0 Å². The molecule has 2 rings (SSSR count). The van der Waals surface area contributed by atoms with Crippen LogP contribution >= 0.6 is 0 Å². The van der Waals surface area contributed by atoms with Crippen molar-refractivity contribution in [2.45, 2.75) is 71.0 Å². The molecule has 0 saturated heterocycles. The second-order valence-electron chi connectivity index (χ2n) is 9.01. The number of rotatable bonds is 4. The maximum atomic E-state index is 10.5. The van der Waals surface area contributed by atoms with Gasteiger partial charge in [-0.15, -0.1) is 0 Å². The topological polar surface area (TPSA) is 40.5 Å². The third-order valence-corrected chi connectivity index (χ3v) is 4.77. The first-order valence-electron chi connectivity index (χ1n) is 9.05. The highest BCUT2D eigenvalue weighted by atomic mass is 16.3. The van der Waals surface area contributed by atoms with Crippen LogP contribution in [0.3, 0.4) is 0 Å². The average molecular weight is 341 g/mol.